The zero-order valence-electron chi connectivity index (χ0n) is 22.8. The van der Waals surface area contributed by atoms with E-state index in [1.54, 1.807) is 0 Å². The number of hydrogen-bond donors (Lipinski definition) is 1. The van der Waals surface area contributed by atoms with Crippen LogP contribution in [0.15, 0.2) is 125 Å². The van der Waals surface area contributed by atoms with Gasteiger partial charge >= 0.3 is 0 Å². The first-order valence-electron chi connectivity index (χ1n) is 13.5. The lowest BCUT2D eigenvalue weighted by atomic mass is 9.83. The van der Waals surface area contributed by atoms with Gasteiger partial charge in [-0.1, -0.05) is 111 Å². The van der Waals surface area contributed by atoms with E-state index < -0.39 is 0 Å². The van der Waals surface area contributed by atoms with Crippen molar-refractivity contribution in [3.05, 3.63) is 138 Å². The number of para-hydroxylation sites is 2. The van der Waals surface area contributed by atoms with E-state index in [0.717, 1.165) is 28.1 Å². The van der Waals surface area contributed by atoms with Crippen molar-refractivity contribution in [3.8, 4) is 5.69 Å². The number of amidine groups is 2. The summed E-state index contributed by atoms with van der Waals surface area (Å²) in [6, 6.07) is 39.0. The highest BCUT2D eigenvalue weighted by atomic mass is 15.2. The van der Waals surface area contributed by atoms with Crippen molar-refractivity contribution in [3.63, 3.8) is 0 Å². The fourth-order valence-corrected chi connectivity index (χ4v) is 6.01. The Bertz CT molecular complexity index is 1990. The fourth-order valence-electron chi connectivity index (χ4n) is 6.01. The number of benzene rings is 4. The van der Waals surface area contributed by atoms with Gasteiger partial charge in [0, 0.05) is 33.0 Å². The Hall–Kier alpha value is -5.03. The molecule has 0 saturated heterocycles. The van der Waals surface area contributed by atoms with Crippen LogP contribution in [0.2, 0.25) is 0 Å². The van der Waals surface area contributed by atoms with Crippen LogP contribution in [0.1, 0.15) is 43.2 Å². The van der Waals surface area contributed by atoms with Crippen molar-refractivity contribution in [1.29, 1.82) is 5.41 Å². The molecule has 194 valence electrons. The molecule has 3 heterocycles. The number of rotatable bonds is 2. The highest BCUT2D eigenvalue weighted by Gasteiger charge is 2.38. The number of hydrogen-bond acceptors (Lipinski definition) is 1. The molecule has 0 amide bonds. The van der Waals surface area contributed by atoms with E-state index >= 15 is 0 Å². The Kier molecular flexibility index (Phi) is 5.42. The molecule has 0 unspecified atom stereocenters. The summed E-state index contributed by atoms with van der Waals surface area (Å²) >= 11 is 0. The van der Waals surface area contributed by atoms with Crippen LogP contribution in [-0.4, -0.2) is 26.6 Å². The van der Waals surface area contributed by atoms with Gasteiger partial charge < -0.3 is 0 Å². The molecule has 1 aliphatic heterocycles. The first-order valence-corrected chi connectivity index (χ1v) is 13.5. The summed E-state index contributed by atoms with van der Waals surface area (Å²) in [5.41, 5.74) is 7.49. The predicted octanol–water partition coefficient (Wildman–Crippen LogP) is 7.96. The van der Waals surface area contributed by atoms with Crippen molar-refractivity contribution in [2.75, 3.05) is 0 Å². The Labute approximate surface area is 233 Å². The van der Waals surface area contributed by atoms with E-state index in [4.69, 9.17) is 15.4 Å². The smallest absolute Gasteiger partial charge is 0.163 e. The standard InChI is InChI=1S/C35H29N5/c1-23(37-33(25-16-8-5-9-17-25)38-32(36)24-14-6-4-7-15-24)39-29-20-12-10-18-26(29)27-22-31-35(2,3)28-19-11-13-21-30(28)40(31)34(27)39/h4-22,36H,1-3H3. The average molecular weight is 520 g/mol. The minimum absolute atomic E-state index is 0.117. The summed E-state index contributed by atoms with van der Waals surface area (Å²) in [5, 5.41) is 11.1. The van der Waals surface area contributed by atoms with Crippen LogP contribution in [-0.2, 0) is 5.41 Å². The van der Waals surface area contributed by atoms with Gasteiger partial charge in [0.15, 0.2) is 11.7 Å². The van der Waals surface area contributed by atoms with Crippen LogP contribution >= 0.6 is 0 Å². The molecule has 0 radical (unpaired) electrons. The van der Waals surface area contributed by atoms with Gasteiger partial charge in [-0.2, -0.15) is 0 Å². The SMILES string of the molecule is CC(=NC(=NC(=N)c1ccccc1)c1ccccc1)n1c2ccccc2c2cc3n(c21)-c1ccccc1C3(C)C. The third-order valence-electron chi connectivity index (χ3n) is 7.97. The molecule has 40 heavy (non-hydrogen) atoms. The summed E-state index contributed by atoms with van der Waals surface area (Å²) < 4.78 is 4.64. The van der Waals surface area contributed by atoms with E-state index in [9.17, 15) is 0 Å². The molecule has 0 fully saturated rings. The van der Waals surface area contributed by atoms with Gasteiger partial charge in [-0.3, -0.25) is 14.5 Å². The minimum Gasteiger partial charge on any atom is -0.298 e. The molecule has 4 aromatic carbocycles. The van der Waals surface area contributed by atoms with Crippen LogP contribution < -0.4 is 0 Å². The molecule has 0 bridgehead atoms. The maximum atomic E-state index is 8.72. The zero-order valence-corrected chi connectivity index (χ0v) is 22.8. The van der Waals surface area contributed by atoms with Gasteiger partial charge in [0.2, 0.25) is 0 Å². The molecule has 5 heteroatoms. The molecular weight excluding hydrogens is 490 g/mol. The topological polar surface area (TPSA) is 58.4 Å². The first-order chi connectivity index (χ1) is 19.4. The van der Waals surface area contributed by atoms with Gasteiger partial charge in [-0.05, 0) is 30.7 Å². The Morgan fingerprint density at radius 1 is 0.700 bits per heavy atom. The van der Waals surface area contributed by atoms with Gasteiger partial charge in [-0.25, -0.2) is 9.98 Å². The van der Waals surface area contributed by atoms with Crippen molar-refractivity contribution < 1.29 is 0 Å². The second kappa shape index (κ2) is 9.02. The Morgan fingerprint density at radius 3 is 2.08 bits per heavy atom. The number of fused-ring (bicyclic) bond motifs is 7. The van der Waals surface area contributed by atoms with Crippen LogP contribution in [0, 0.1) is 5.41 Å². The van der Waals surface area contributed by atoms with Crippen LogP contribution in [0.3, 0.4) is 0 Å². The monoisotopic (exact) mass is 519 g/mol. The average Bonchev–Trinajstić information content (AvgIpc) is 3.59. The van der Waals surface area contributed by atoms with E-state index in [0.29, 0.717) is 5.84 Å². The van der Waals surface area contributed by atoms with Crippen molar-refractivity contribution in [2.24, 2.45) is 9.98 Å². The number of aliphatic imine (C=N–C) groups is 2. The number of aromatic nitrogens is 2. The van der Waals surface area contributed by atoms with Crippen LogP contribution in [0.25, 0.3) is 27.6 Å². The van der Waals surface area contributed by atoms with Gasteiger partial charge in [0.05, 0.1) is 11.2 Å². The van der Waals surface area contributed by atoms with E-state index in [2.05, 4.69) is 77.6 Å². The first kappa shape index (κ1) is 24.0. The van der Waals surface area contributed by atoms with E-state index in [1.807, 2.05) is 67.6 Å². The zero-order chi connectivity index (χ0) is 27.4. The third-order valence-corrected chi connectivity index (χ3v) is 7.97. The molecule has 0 aliphatic carbocycles. The molecule has 0 atom stereocenters. The summed E-state index contributed by atoms with van der Waals surface area (Å²) in [6.07, 6.45) is 0. The molecule has 7 rings (SSSR count). The number of nitrogens with one attached hydrogen (secondary N) is 1. The largest absolute Gasteiger partial charge is 0.298 e. The van der Waals surface area contributed by atoms with Crippen molar-refractivity contribution in [2.45, 2.75) is 26.2 Å². The highest BCUT2D eigenvalue weighted by Crippen LogP contribution is 2.47. The lowest BCUT2D eigenvalue weighted by Crippen LogP contribution is -2.16. The summed E-state index contributed by atoms with van der Waals surface area (Å²) in [4.78, 5) is 9.87. The van der Waals surface area contributed by atoms with Crippen molar-refractivity contribution >= 4 is 39.4 Å². The Morgan fingerprint density at radius 2 is 1.32 bits per heavy atom. The molecule has 0 spiro atoms. The fraction of sp³-hybridized carbons (Fsp3) is 0.114. The molecule has 1 N–H and O–H groups in total. The van der Waals surface area contributed by atoms with Crippen LogP contribution in [0.5, 0.6) is 0 Å². The van der Waals surface area contributed by atoms with E-state index in [1.165, 1.54) is 27.7 Å². The summed E-state index contributed by atoms with van der Waals surface area (Å²) in [7, 11) is 0. The highest BCUT2D eigenvalue weighted by molar-refractivity contribution is 6.18. The molecular formula is C35H29N5. The van der Waals surface area contributed by atoms with Gasteiger partial charge in [0.25, 0.3) is 0 Å². The lowest BCUT2D eigenvalue weighted by Gasteiger charge is -2.18. The second-order valence-corrected chi connectivity index (χ2v) is 10.8. The Balaban J connectivity index is 1.49. The summed E-state index contributed by atoms with van der Waals surface area (Å²) in [5.74, 6) is 1.47. The normalized spacial score (nSPS) is 14.5. The van der Waals surface area contributed by atoms with Gasteiger partial charge in [-0.15, -0.1) is 0 Å². The third kappa shape index (κ3) is 3.58. The molecule has 5 nitrogen and oxygen atoms in total. The summed E-state index contributed by atoms with van der Waals surface area (Å²) in [6.45, 7) is 6.63. The maximum Gasteiger partial charge on any atom is 0.163 e. The lowest BCUT2D eigenvalue weighted by molar-refractivity contribution is 0.644. The quantitative estimate of drug-likeness (QED) is 0.178. The second-order valence-electron chi connectivity index (χ2n) is 10.8. The molecule has 2 aromatic heterocycles. The van der Waals surface area contributed by atoms with E-state index in [-0.39, 0.29) is 11.3 Å². The van der Waals surface area contributed by atoms with Gasteiger partial charge in [0.1, 0.15) is 11.5 Å². The molecule has 6 aromatic rings. The van der Waals surface area contributed by atoms with Crippen LogP contribution in [0.4, 0.5) is 0 Å². The maximum absolute atomic E-state index is 8.72. The number of nitrogens with zero attached hydrogens (tertiary/aromatic N) is 4. The van der Waals surface area contributed by atoms with Crippen molar-refractivity contribution in [1.82, 2.24) is 9.13 Å². The molecule has 0 saturated carbocycles. The molecule has 1 aliphatic rings. The predicted molar refractivity (Wildman–Crippen MR) is 166 cm³/mol. The minimum atomic E-state index is -0.117.